The minimum Gasteiger partial charge on any atom is -0.308 e. The zero-order valence-electron chi connectivity index (χ0n) is 24.5. The number of para-hydroxylation sites is 1. The molecular weight excluding hydrogens is 569 g/mol. The summed E-state index contributed by atoms with van der Waals surface area (Å²) >= 11 is 0. The second-order valence-electron chi connectivity index (χ2n) is 11.0. The summed E-state index contributed by atoms with van der Waals surface area (Å²) in [6, 6.07) is 48.5. The van der Waals surface area contributed by atoms with Crippen molar-refractivity contribution in [2.45, 2.75) is 0 Å². The molecule has 8 rings (SSSR count). The lowest BCUT2D eigenvalue weighted by atomic mass is 10.0. The van der Waals surface area contributed by atoms with Crippen molar-refractivity contribution in [3.05, 3.63) is 157 Å². The number of benzene rings is 6. The summed E-state index contributed by atoms with van der Waals surface area (Å²) in [6.45, 7) is 0. The van der Waals surface area contributed by atoms with Crippen molar-refractivity contribution in [3.63, 3.8) is 0 Å². The molecule has 6 aromatic carbocycles. The van der Waals surface area contributed by atoms with Gasteiger partial charge in [-0.15, -0.1) is 0 Å². The first-order valence-electron chi connectivity index (χ1n) is 14.9. The maximum Gasteiger partial charge on any atom is 0.166 e. The standard InChI is InChI=1S/C40H24FN5/c41-31-15-9-14-29(23-31)30-19-20-33(37(24-30)46-35-17-8-7-16-32(35)34-22-26(25-42)18-21-36(34)46)40-44-38(27-10-3-1-4-11-27)43-39(45-40)28-12-5-2-6-13-28/h1-24H. The zero-order valence-corrected chi connectivity index (χ0v) is 24.5. The van der Waals surface area contributed by atoms with Crippen LogP contribution in [-0.4, -0.2) is 19.5 Å². The Bertz CT molecular complexity index is 2390. The molecule has 0 saturated heterocycles. The molecular formula is C40H24FN5. The zero-order chi connectivity index (χ0) is 31.0. The van der Waals surface area contributed by atoms with Crippen LogP contribution in [0.3, 0.4) is 0 Å². The number of rotatable bonds is 5. The number of hydrogen-bond donors (Lipinski definition) is 0. The number of aromatic nitrogens is 4. The van der Waals surface area contributed by atoms with Gasteiger partial charge in [0, 0.05) is 27.5 Å². The lowest BCUT2D eigenvalue weighted by Crippen LogP contribution is -2.04. The molecule has 216 valence electrons. The van der Waals surface area contributed by atoms with Gasteiger partial charge in [0.05, 0.1) is 28.4 Å². The quantitative estimate of drug-likeness (QED) is 0.199. The molecule has 6 heteroatoms. The van der Waals surface area contributed by atoms with Crippen LogP contribution in [0, 0.1) is 17.1 Å². The van der Waals surface area contributed by atoms with E-state index in [1.165, 1.54) is 12.1 Å². The van der Waals surface area contributed by atoms with Gasteiger partial charge in [-0.2, -0.15) is 5.26 Å². The SMILES string of the molecule is N#Cc1ccc2c(c1)c1ccccc1n2-c1cc(-c2cccc(F)c2)ccc1-c1nc(-c2ccccc2)nc(-c2ccccc2)n1. The molecule has 2 heterocycles. The highest BCUT2D eigenvalue weighted by Gasteiger charge is 2.20. The molecule has 2 aromatic heterocycles. The molecule has 0 unspecified atom stereocenters. The van der Waals surface area contributed by atoms with E-state index in [1.54, 1.807) is 6.07 Å². The van der Waals surface area contributed by atoms with Gasteiger partial charge in [-0.25, -0.2) is 19.3 Å². The van der Waals surface area contributed by atoms with Crippen molar-refractivity contribution >= 4 is 21.8 Å². The summed E-state index contributed by atoms with van der Waals surface area (Å²) in [5, 5.41) is 11.7. The molecule has 0 atom stereocenters. The second kappa shape index (κ2) is 11.2. The topological polar surface area (TPSA) is 67.4 Å². The fourth-order valence-electron chi connectivity index (χ4n) is 5.98. The molecule has 0 spiro atoms. The van der Waals surface area contributed by atoms with Crippen molar-refractivity contribution < 1.29 is 4.39 Å². The lowest BCUT2D eigenvalue weighted by molar-refractivity contribution is 0.628. The molecule has 0 aliphatic carbocycles. The fraction of sp³-hybridized carbons (Fsp3) is 0. The van der Waals surface area contributed by atoms with E-state index in [4.69, 9.17) is 15.0 Å². The maximum absolute atomic E-state index is 14.4. The first kappa shape index (κ1) is 27.1. The van der Waals surface area contributed by atoms with E-state index >= 15 is 0 Å². The highest BCUT2D eigenvalue weighted by Crippen LogP contribution is 2.38. The van der Waals surface area contributed by atoms with E-state index < -0.39 is 0 Å². The Morgan fingerprint density at radius 3 is 1.80 bits per heavy atom. The van der Waals surface area contributed by atoms with Gasteiger partial charge >= 0.3 is 0 Å². The monoisotopic (exact) mass is 593 g/mol. The van der Waals surface area contributed by atoms with Crippen molar-refractivity contribution in [2.24, 2.45) is 0 Å². The predicted octanol–water partition coefficient (Wildman–Crippen LogP) is 9.65. The third kappa shape index (κ3) is 4.77. The first-order valence-corrected chi connectivity index (χ1v) is 14.9. The van der Waals surface area contributed by atoms with Crippen LogP contribution in [0.25, 0.3) is 72.8 Å². The molecule has 46 heavy (non-hydrogen) atoms. The van der Waals surface area contributed by atoms with Crippen molar-refractivity contribution in [1.29, 1.82) is 5.26 Å². The molecule has 0 radical (unpaired) electrons. The van der Waals surface area contributed by atoms with E-state index in [2.05, 4.69) is 28.8 Å². The van der Waals surface area contributed by atoms with Crippen LogP contribution >= 0.6 is 0 Å². The van der Waals surface area contributed by atoms with Crippen LogP contribution in [0.5, 0.6) is 0 Å². The van der Waals surface area contributed by atoms with Crippen LogP contribution < -0.4 is 0 Å². The van der Waals surface area contributed by atoms with Gasteiger partial charge in [-0.3, -0.25) is 0 Å². The van der Waals surface area contributed by atoms with Crippen molar-refractivity contribution in [3.8, 4) is 57.0 Å². The van der Waals surface area contributed by atoms with E-state index in [0.29, 0.717) is 23.0 Å². The summed E-state index contributed by atoms with van der Waals surface area (Å²) in [5.41, 5.74) is 7.44. The average molecular weight is 594 g/mol. The summed E-state index contributed by atoms with van der Waals surface area (Å²) in [6.07, 6.45) is 0. The van der Waals surface area contributed by atoms with Gasteiger partial charge in [0.25, 0.3) is 0 Å². The van der Waals surface area contributed by atoms with E-state index in [1.807, 2.05) is 109 Å². The lowest BCUT2D eigenvalue weighted by Gasteiger charge is -2.16. The Balaban J connectivity index is 1.46. The first-order chi connectivity index (χ1) is 22.7. The van der Waals surface area contributed by atoms with Gasteiger partial charge in [-0.1, -0.05) is 97.1 Å². The van der Waals surface area contributed by atoms with Gasteiger partial charge in [0.2, 0.25) is 0 Å². The molecule has 0 aliphatic rings. The summed E-state index contributed by atoms with van der Waals surface area (Å²) in [4.78, 5) is 15.0. The summed E-state index contributed by atoms with van der Waals surface area (Å²) in [5.74, 6) is 1.32. The van der Waals surface area contributed by atoms with Crippen molar-refractivity contribution in [1.82, 2.24) is 19.5 Å². The Labute approximate surface area is 264 Å². The Kier molecular flexibility index (Phi) is 6.63. The third-order valence-corrected chi connectivity index (χ3v) is 8.14. The molecule has 8 aromatic rings. The molecule has 0 N–H and O–H groups in total. The van der Waals surface area contributed by atoms with Crippen LogP contribution in [0.2, 0.25) is 0 Å². The number of nitriles is 1. The molecule has 0 amide bonds. The largest absolute Gasteiger partial charge is 0.308 e. The highest BCUT2D eigenvalue weighted by molar-refractivity contribution is 6.10. The minimum absolute atomic E-state index is 0.304. The minimum atomic E-state index is -0.304. The highest BCUT2D eigenvalue weighted by atomic mass is 19.1. The van der Waals surface area contributed by atoms with Crippen LogP contribution in [0.1, 0.15) is 5.56 Å². The van der Waals surface area contributed by atoms with E-state index in [-0.39, 0.29) is 5.82 Å². The van der Waals surface area contributed by atoms with Gasteiger partial charge < -0.3 is 4.57 Å². The van der Waals surface area contributed by atoms with E-state index in [9.17, 15) is 9.65 Å². The smallest absolute Gasteiger partial charge is 0.166 e. The normalized spacial score (nSPS) is 11.1. The van der Waals surface area contributed by atoms with Gasteiger partial charge in [0.1, 0.15) is 5.82 Å². The molecule has 0 saturated carbocycles. The van der Waals surface area contributed by atoms with E-state index in [0.717, 1.165) is 55.3 Å². The predicted molar refractivity (Wildman–Crippen MR) is 181 cm³/mol. The molecule has 0 bridgehead atoms. The van der Waals surface area contributed by atoms with Crippen LogP contribution in [0.15, 0.2) is 146 Å². The van der Waals surface area contributed by atoms with Crippen LogP contribution in [0.4, 0.5) is 4.39 Å². The number of halogens is 1. The third-order valence-electron chi connectivity index (χ3n) is 8.14. The Hall–Kier alpha value is -6.45. The van der Waals surface area contributed by atoms with Gasteiger partial charge in [0.15, 0.2) is 17.5 Å². The molecule has 5 nitrogen and oxygen atoms in total. The number of fused-ring (bicyclic) bond motifs is 3. The summed E-state index contributed by atoms with van der Waals surface area (Å²) < 4.78 is 16.6. The number of nitrogens with zero attached hydrogens (tertiary/aromatic N) is 5. The average Bonchev–Trinajstić information content (AvgIpc) is 3.45. The Morgan fingerprint density at radius 1 is 0.500 bits per heavy atom. The fourth-order valence-corrected chi connectivity index (χ4v) is 5.98. The van der Waals surface area contributed by atoms with Gasteiger partial charge in [-0.05, 0) is 59.7 Å². The summed E-state index contributed by atoms with van der Waals surface area (Å²) in [7, 11) is 0. The van der Waals surface area contributed by atoms with Crippen molar-refractivity contribution in [2.75, 3.05) is 0 Å². The molecule has 0 aliphatic heterocycles. The van der Waals surface area contributed by atoms with Crippen LogP contribution in [-0.2, 0) is 0 Å². The molecule has 0 fully saturated rings. The second-order valence-corrected chi connectivity index (χ2v) is 11.0. The maximum atomic E-state index is 14.4. The number of hydrogen-bond acceptors (Lipinski definition) is 4. The Morgan fingerprint density at radius 2 is 1.11 bits per heavy atom.